The summed E-state index contributed by atoms with van der Waals surface area (Å²) in [4.78, 5) is 2.54. The zero-order valence-corrected chi connectivity index (χ0v) is 9.77. The van der Waals surface area contributed by atoms with Gasteiger partial charge in [-0.2, -0.15) is 0 Å². The molecule has 1 fully saturated rings. The molecular formula is C9H22ClN3. The number of rotatable bonds is 3. The summed E-state index contributed by atoms with van der Waals surface area (Å²) in [7, 11) is 6.76. The first-order chi connectivity index (χ1) is 5.58. The molecule has 0 radical (unpaired) electrons. The minimum absolute atomic E-state index is 0. The number of hydrogen-bond acceptors (Lipinski definition) is 2. The van der Waals surface area contributed by atoms with Gasteiger partial charge in [0.2, 0.25) is 0 Å². The molecule has 80 valence electrons. The molecule has 1 saturated heterocycles. The van der Waals surface area contributed by atoms with Crippen molar-refractivity contribution >= 4 is 0 Å². The molecule has 0 saturated carbocycles. The van der Waals surface area contributed by atoms with Gasteiger partial charge in [-0.3, -0.25) is 4.90 Å². The van der Waals surface area contributed by atoms with Crippen LogP contribution >= 0.6 is 0 Å². The second kappa shape index (κ2) is 5.81. The molecular weight excluding hydrogens is 186 g/mol. The molecule has 13 heavy (non-hydrogen) atoms. The molecule has 0 bridgehead atoms. The summed E-state index contributed by atoms with van der Waals surface area (Å²) in [6, 6.07) is 0. The summed E-state index contributed by atoms with van der Waals surface area (Å²) in [5.74, 6) is 0. The molecule has 0 unspecified atom stereocenters. The highest BCUT2D eigenvalue weighted by Gasteiger charge is 2.13. The van der Waals surface area contributed by atoms with E-state index in [1.165, 1.54) is 26.2 Å². The number of piperazine rings is 1. The third-order valence-electron chi connectivity index (χ3n) is 2.30. The van der Waals surface area contributed by atoms with Gasteiger partial charge in [-0.05, 0) is 0 Å². The van der Waals surface area contributed by atoms with Gasteiger partial charge in [0.1, 0.15) is 0 Å². The Hall–Kier alpha value is 0.170. The van der Waals surface area contributed by atoms with Gasteiger partial charge >= 0.3 is 0 Å². The molecule has 1 N–H and O–H groups in total. The van der Waals surface area contributed by atoms with Crippen molar-refractivity contribution in [3.63, 3.8) is 0 Å². The van der Waals surface area contributed by atoms with E-state index >= 15 is 0 Å². The summed E-state index contributed by atoms with van der Waals surface area (Å²) in [6.45, 7) is 7.26. The van der Waals surface area contributed by atoms with E-state index in [1.807, 2.05) is 0 Å². The lowest BCUT2D eigenvalue weighted by molar-refractivity contribution is -0.869. The fraction of sp³-hybridized carbons (Fsp3) is 1.00. The smallest absolute Gasteiger partial charge is 0.0909 e. The molecule has 4 heteroatoms. The van der Waals surface area contributed by atoms with Gasteiger partial charge in [-0.15, -0.1) is 0 Å². The molecule has 1 rings (SSSR count). The van der Waals surface area contributed by atoms with Crippen LogP contribution in [0.15, 0.2) is 0 Å². The summed E-state index contributed by atoms with van der Waals surface area (Å²) in [5.41, 5.74) is 0. The Kier molecular flexibility index (Phi) is 5.88. The van der Waals surface area contributed by atoms with Crippen molar-refractivity contribution < 1.29 is 16.9 Å². The number of likely N-dealkylation sites (N-methyl/N-ethyl adjacent to an activating group) is 1. The molecule has 0 spiro atoms. The van der Waals surface area contributed by atoms with Crippen LogP contribution < -0.4 is 17.7 Å². The first-order valence-corrected chi connectivity index (χ1v) is 4.81. The van der Waals surface area contributed by atoms with E-state index in [0.29, 0.717) is 0 Å². The minimum Gasteiger partial charge on any atom is -1.00 e. The van der Waals surface area contributed by atoms with Crippen molar-refractivity contribution in [3.8, 4) is 0 Å². The zero-order valence-electron chi connectivity index (χ0n) is 9.02. The van der Waals surface area contributed by atoms with Crippen LogP contribution in [0.4, 0.5) is 0 Å². The van der Waals surface area contributed by atoms with Crippen molar-refractivity contribution in [2.75, 3.05) is 60.4 Å². The lowest BCUT2D eigenvalue weighted by Gasteiger charge is -2.31. The highest BCUT2D eigenvalue weighted by molar-refractivity contribution is 4.66. The van der Waals surface area contributed by atoms with Gasteiger partial charge in [-0.1, -0.05) is 0 Å². The Labute approximate surface area is 88.1 Å². The van der Waals surface area contributed by atoms with Gasteiger partial charge in [-0.25, -0.2) is 0 Å². The second-order valence-corrected chi connectivity index (χ2v) is 4.61. The van der Waals surface area contributed by atoms with E-state index in [9.17, 15) is 0 Å². The maximum absolute atomic E-state index is 3.37. The predicted octanol–water partition coefficient (Wildman–Crippen LogP) is -3.40. The van der Waals surface area contributed by atoms with Crippen LogP contribution in [-0.2, 0) is 0 Å². The highest BCUT2D eigenvalue weighted by atomic mass is 35.5. The van der Waals surface area contributed by atoms with E-state index in [0.717, 1.165) is 17.6 Å². The molecule has 0 amide bonds. The largest absolute Gasteiger partial charge is 1.00 e. The number of nitrogens with zero attached hydrogens (tertiary/aromatic N) is 2. The summed E-state index contributed by atoms with van der Waals surface area (Å²) in [5, 5.41) is 3.37. The van der Waals surface area contributed by atoms with E-state index in [4.69, 9.17) is 0 Å². The van der Waals surface area contributed by atoms with E-state index in [2.05, 4.69) is 31.4 Å². The van der Waals surface area contributed by atoms with E-state index < -0.39 is 0 Å². The fourth-order valence-corrected chi connectivity index (χ4v) is 1.38. The van der Waals surface area contributed by atoms with Crippen molar-refractivity contribution in [2.24, 2.45) is 0 Å². The minimum atomic E-state index is 0. The molecule has 1 aliphatic heterocycles. The molecule has 0 aliphatic carbocycles. The van der Waals surface area contributed by atoms with Crippen LogP contribution in [-0.4, -0.2) is 69.8 Å². The quantitative estimate of drug-likeness (QED) is 0.486. The molecule has 1 aliphatic rings. The predicted molar refractivity (Wildman–Crippen MR) is 52.2 cm³/mol. The Morgan fingerprint density at radius 2 is 1.69 bits per heavy atom. The van der Waals surface area contributed by atoms with Crippen LogP contribution in [0.25, 0.3) is 0 Å². The topological polar surface area (TPSA) is 15.3 Å². The molecule has 0 aromatic heterocycles. The zero-order chi connectivity index (χ0) is 9.03. The van der Waals surface area contributed by atoms with Gasteiger partial charge in [0.05, 0.1) is 27.7 Å². The molecule has 0 aromatic rings. The first kappa shape index (κ1) is 13.2. The molecule has 3 nitrogen and oxygen atoms in total. The average Bonchev–Trinajstić information content (AvgIpc) is 2.02. The van der Waals surface area contributed by atoms with Crippen molar-refractivity contribution in [3.05, 3.63) is 0 Å². The molecule has 0 aromatic carbocycles. The number of nitrogens with one attached hydrogen (secondary N) is 1. The molecule has 1 heterocycles. The number of halogens is 1. The van der Waals surface area contributed by atoms with E-state index in [-0.39, 0.29) is 12.4 Å². The van der Waals surface area contributed by atoms with Crippen LogP contribution in [0.2, 0.25) is 0 Å². The standard InChI is InChI=1S/C9H22N3.ClH/c1-12(2,3)9-8-11-6-4-10-5-7-11;/h10H,4-9H2,1-3H3;1H/q+1;/p-1. The van der Waals surface area contributed by atoms with Crippen molar-refractivity contribution in [1.29, 1.82) is 0 Å². The van der Waals surface area contributed by atoms with Gasteiger partial charge in [0.15, 0.2) is 0 Å². The van der Waals surface area contributed by atoms with Crippen LogP contribution in [0.5, 0.6) is 0 Å². The Morgan fingerprint density at radius 3 is 2.15 bits per heavy atom. The van der Waals surface area contributed by atoms with Crippen molar-refractivity contribution in [2.45, 2.75) is 0 Å². The summed E-state index contributed by atoms with van der Waals surface area (Å²) in [6.07, 6.45) is 0. The van der Waals surface area contributed by atoms with Crippen LogP contribution in [0.1, 0.15) is 0 Å². The Balaban J connectivity index is 0.00000144. The van der Waals surface area contributed by atoms with Gasteiger partial charge in [0, 0.05) is 32.7 Å². The third kappa shape index (κ3) is 6.27. The number of quaternary nitrogens is 1. The van der Waals surface area contributed by atoms with E-state index in [1.54, 1.807) is 0 Å². The second-order valence-electron chi connectivity index (χ2n) is 4.61. The normalized spacial score (nSPS) is 19.6. The Bertz CT molecular complexity index is 127. The van der Waals surface area contributed by atoms with Gasteiger partial charge in [0.25, 0.3) is 0 Å². The summed E-state index contributed by atoms with van der Waals surface area (Å²) < 4.78 is 1.07. The highest BCUT2D eigenvalue weighted by Crippen LogP contribution is 1.95. The molecule has 0 atom stereocenters. The first-order valence-electron chi connectivity index (χ1n) is 4.81. The third-order valence-corrected chi connectivity index (χ3v) is 2.30. The SMILES string of the molecule is C[N+](C)(C)CCN1CCNCC1.[Cl-]. The maximum atomic E-state index is 3.37. The van der Waals surface area contributed by atoms with Crippen LogP contribution in [0, 0.1) is 0 Å². The average molecular weight is 208 g/mol. The fourth-order valence-electron chi connectivity index (χ4n) is 1.38. The maximum Gasteiger partial charge on any atom is 0.0909 e. The number of hydrogen-bond donors (Lipinski definition) is 1. The van der Waals surface area contributed by atoms with Crippen LogP contribution in [0.3, 0.4) is 0 Å². The van der Waals surface area contributed by atoms with Gasteiger partial charge < -0.3 is 22.2 Å². The van der Waals surface area contributed by atoms with Crippen molar-refractivity contribution in [1.82, 2.24) is 10.2 Å². The monoisotopic (exact) mass is 207 g/mol. The lowest BCUT2D eigenvalue weighted by Crippen LogP contribution is -3.00. The Morgan fingerprint density at radius 1 is 1.15 bits per heavy atom. The summed E-state index contributed by atoms with van der Waals surface area (Å²) >= 11 is 0. The lowest BCUT2D eigenvalue weighted by atomic mass is 10.3.